The second-order valence-electron chi connectivity index (χ2n) is 5.73. The zero-order chi connectivity index (χ0) is 15.4. The molecule has 0 unspecified atom stereocenters. The number of rotatable bonds is 4. The van der Waals surface area contributed by atoms with E-state index in [4.69, 9.17) is 0 Å². The highest BCUT2D eigenvalue weighted by atomic mass is 16.2. The fraction of sp³-hybridized carbons (Fsp3) is 0.412. The molecule has 4 nitrogen and oxygen atoms in total. The van der Waals surface area contributed by atoms with E-state index in [1.54, 1.807) is 11.9 Å². The number of carbonyl (C=O) groups is 2. The van der Waals surface area contributed by atoms with E-state index in [0.717, 1.165) is 11.1 Å². The van der Waals surface area contributed by atoms with Crippen molar-refractivity contribution < 1.29 is 9.59 Å². The van der Waals surface area contributed by atoms with Crippen LogP contribution in [-0.4, -0.2) is 47.8 Å². The minimum absolute atomic E-state index is 0.00975. The molecule has 1 aliphatic rings. The zero-order valence-corrected chi connectivity index (χ0v) is 12.9. The normalized spacial score (nSPS) is 18.9. The van der Waals surface area contributed by atoms with Gasteiger partial charge in [-0.25, -0.2) is 0 Å². The molecule has 2 amide bonds. The van der Waals surface area contributed by atoms with Crippen LogP contribution in [0.15, 0.2) is 42.0 Å². The topological polar surface area (TPSA) is 40.6 Å². The van der Waals surface area contributed by atoms with Crippen molar-refractivity contribution in [3.05, 3.63) is 47.5 Å². The second kappa shape index (κ2) is 6.57. The Morgan fingerprint density at radius 1 is 1.24 bits per heavy atom. The minimum atomic E-state index is -0.408. The number of likely N-dealkylation sites (N-methyl/N-ethyl adjacent to an activating group) is 1. The summed E-state index contributed by atoms with van der Waals surface area (Å²) in [5, 5.41) is 0. The summed E-state index contributed by atoms with van der Waals surface area (Å²) in [5.41, 5.74) is 2.22. The van der Waals surface area contributed by atoms with E-state index < -0.39 is 6.04 Å². The van der Waals surface area contributed by atoms with Crippen LogP contribution < -0.4 is 0 Å². The van der Waals surface area contributed by atoms with Crippen LogP contribution in [0, 0.1) is 0 Å². The van der Waals surface area contributed by atoms with Crippen LogP contribution >= 0.6 is 0 Å². The Labute approximate surface area is 126 Å². The SMILES string of the molecule is CC(C)=CCN1C(=O)CN(C)C(=O)[C@H]1Cc1ccccc1. The van der Waals surface area contributed by atoms with Gasteiger partial charge in [0.1, 0.15) is 6.04 Å². The minimum Gasteiger partial charge on any atom is -0.335 e. The van der Waals surface area contributed by atoms with Crippen molar-refractivity contribution in [2.45, 2.75) is 26.3 Å². The predicted octanol–water partition coefficient (Wildman–Crippen LogP) is 1.86. The van der Waals surface area contributed by atoms with Crippen molar-refractivity contribution in [2.24, 2.45) is 0 Å². The Morgan fingerprint density at radius 2 is 1.90 bits per heavy atom. The van der Waals surface area contributed by atoms with Crippen LogP contribution in [0.1, 0.15) is 19.4 Å². The molecular weight excluding hydrogens is 264 g/mol. The number of amides is 2. The van der Waals surface area contributed by atoms with Crippen molar-refractivity contribution in [3.8, 4) is 0 Å². The Balaban J connectivity index is 2.23. The number of carbonyl (C=O) groups excluding carboxylic acids is 2. The van der Waals surface area contributed by atoms with Gasteiger partial charge in [0, 0.05) is 20.0 Å². The van der Waals surface area contributed by atoms with Gasteiger partial charge in [-0.05, 0) is 19.4 Å². The molecule has 1 saturated heterocycles. The average Bonchev–Trinajstić information content (AvgIpc) is 2.45. The summed E-state index contributed by atoms with van der Waals surface area (Å²) in [6, 6.07) is 9.43. The lowest BCUT2D eigenvalue weighted by Gasteiger charge is -2.38. The fourth-order valence-electron chi connectivity index (χ4n) is 2.48. The summed E-state index contributed by atoms with van der Waals surface area (Å²) in [6.07, 6.45) is 2.56. The van der Waals surface area contributed by atoms with E-state index in [-0.39, 0.29) is 18.4 Å². The van der Waals surface area contributed by atoms with Crippen molar-refractivity contribution in [1.29, 1.82) is 0 Å². The lowest BCUT2D eigenvalue weighted by atomic mass is 10.0. The van der Waals surface area contributed by atoms with Crippen LogP contribution in [0.5, 0.6) is 0 Å². The summed E-state index contributed by atoms with van der Waals surface area (Å²) in [4.78, 5) is 27.9. The van der Waals surface area contributed by atoms with Gasteiger partial charge >= 0.3 is 0 Å². The quantitative estimate of drug-likeness (QED) is 0.793. The maximum absolute atomic E-state index is 12.4. The third kappa shape index (κ3) is 3.72. The summed E-state index contributed by atoms with van der Waals surface area (Å²) in [7, 11) is 1.69. The first kappa shape index (κ1) is 15.3. The standard InChI is InChI=1S/C17H22N2O2/c1-13(2)9-10-19-15(11-14-7-5-4-6-8-14)17(21)18(3)12-16(19)20/h4-9,15H,10-12H2,1-3H3/t15-/m1/s1. The lowest BCUT2D eigenvalue weighted by molar-refractivity contribution is -0.153. The molecule has 1 aromatic carbocycles. The number of allylic oxidation sites excluding steroid dienone is 1. The zero-order valence-electron chi connectivity index (χ0n) is 12.9. The largest absolute Gasteiger partial charge is 0.335 e. The fourth-order valence-corrected chi connectivity index (χ4v) is 2.48. The van der Waals surface area contributed by atoms with Crippen molar-refractivity contribution in [1.82, 2.24) is 9.80 Å². The molecule has 0 spiro atoms. The van der Waals surface area contributed by atoms with E-state index in [9.17, 15) is 9.59 Å². The molecule has 2 rings (SSSR count). The van der Waals surface area contributed by atoms with Crippen LogP contribution in [0.4, 0.5) is 0 Å². The Bertz CT molecular complexity index is 547. The molecule has 0 saturated carbocycles. The van der Waals surface area contributed by atoms with Gasteiger partial charge in [0.15, 0.2) is 0 Å². The van der Waals surface area contributed by atoms with Gasteiger partial charge in [0.05, 0.1) is 6.54 Å². The van der Waals surface area contributed by atoms with Gasteiger partial charge in [-0.15, -0.1) is 0 Å². The van der Waals surface area contributed by atoms with Crippen LogP contribution in [0.25, 0.3) is 0 Å². The predicted molar refractivity (Wildman–Crippen MR) is 82.7 cm³/mol. The molecule has 21 heavy (non-hydrogen) atoms. The van der Waals surface area contributed by atoms with Crippen LogP contribution in [0.3, 0.4) is 0 Å². The number of hydrogen-bond acceptors (Lipinski definition) is 2. The van der Waals surface area contributed by atoms with Crippen LogP contribution in [-0.2, 0) is 16.0 Å². The van der Waals surface area contributed by atoms with Crippen molar-refractivity contribution >= 4 is 11.8 Å². The maximum atomic E-state index is 12.4. The van der Waals surface area contributed by atoms with Gasteiger partial charge in [0.2, 0.25) is 11.8 Å². The van der Waals surface area contributed by atoms with Gasteiger partial charge in [-0.1, -0.05) is 42.0 Å². The Morgan fingerprint density at radius 3 is 2.52 bits per heavy atom. The summed E-state index contributed by atoms with van der Waals surface area (Å²) < 4.78 is 0. The van der Waals surface area contributed by atoms with E-state index >= 15 is 0 Å². The molecule has 4 heteroatoms. The highest BCUT2D eigenvalue weighted by molar-refractivity contribution is 5.95. The molecule has 0 bridgehead atoms. The molecular formula is C17H22N2O2. The summed E-state index contributed by atoms with van der Waals surface area (Å²) in [6.45, 7) is 4.65. The third-order valence-corrected chi connectivity index (χ3v) is 3.70. The Hall–Kier alpha value is -2.10. The molecule has 1 heterocycles. The van der Waals surface area contributed by atoms with Gasteiger partial charge in [-0.3, -0.25) is 9.59 Å². The van der Waals surface area contributed by atoms with Gasteiger partial charge in [0.25, 0.3) is 0 Å². The first-order valence-corrected chi connectivity index (χ1v) is 7.20. The molecule has 1 fully saturated rings. The lowest BCUT2D eigenvalue weighted by Crippen LogP contribution is -2.59. The van der Waals surface area contributed by atoms with E-state index in [1.807, 2.05) is 50.3 Å². The highest BCUT2D eigenvalue weighted by Crippen LogP contribution is 2.17. The smallest absolute Gasteiger partial charge is 0.245 e. The molecule has 0 radical (unpaired) electrons. The molecule has 1 aliphatic heterocycles. The molecule has 0 aromatic heterocycles. The third-order valence-electron chi connectivity index (χ3n) is 3.70. The first-order valence-electron chi connectivity index (χ1n) is 7.20. The number of piperazine rings is 1. The number of hydrogen-bond donors (Lipinski definition) is 0. The molecule has 0 aliphatic carbocycles. The van der Waals surface area contributed by atoms with Gasteiger partial charge < -0.3 is 9.80 Å². The monoisotopic (exact) mass is 286 g/mol. The number of nitrogens with zero attached hydrogens (tertiary/aromatic N) is 2. The highest BCUT2D eigenvalue weighted by Gasteiger charge is 2.36. The van der Waals surface area contributed by atoms with E-state index in [2.05, 4.69) is 0 Å². The van der Waals surface area contributed by atoms with Crippen molar-refractivity contribution in [3.63, 3.8) is 0 Å². The Kier molecular flexibility index (Phi) is 4.78. The van der Waals surface area contributed by atoms with Crippen LogP contribution in [0.2, 0.25) is 0 Å². The maximum Gasteiger partial charge on any atom is 0.245 e. The molecule has 0 N–H and O–H groups in total. The first-order chi connectivity index (χ1) is 9.99. The summed E-state index contributed by atoms with van der Waals surface area (Å²) in [5.74, 6) is 0.0242. The second-order valence-corrected chi connectivity index (χ2v) is 5.73. The molecule has 1 aromatic rings. The number of benzene rings is 1. The van der Waals surface area contributed by atoms with Gasteiger partial charge in [-0.2, -0.15) is 0 Å². The van der Waals surface area contributed by atoms with E-state index in [1.165, 1.54) is 4.90 Å². The molecule has 112 valence electrons. The average molecular weight is 286 g/mol. The van der Waals surface area contributed by atoms with Crippen molar-refractivity contribution in [2.75, 3.05) is 20.1 Å². The molecule has 1 atom stereocenters. The summed E-state index contributed by atoms with van der Waals surface area (Å²) >= 11 is 0. The van der Waals surface area contributed by atoms with E-state index in [0.29, 0.717) is 13.0 Å².